The summed E-state index contributed by atoms with van der Waals surface area (Å²) in [6.07, 6.45) is 0. The second-order valence-electron chi connectivity index (χ2n) is 3.83. The van der Waals surface area contributed by atoms with Crippen molar-refractivity contribution >= 4 is 26.0 Å². The van der Waals surface area contributed by atoms with Gasteiger partial charge >= 0.3 is 0 Å². The Morgan fingerprint density at radius 3 is 2.44 bits per heavy atom. The first-order chi connectivity index (χ1) is 7.35. The van der Waals surface area contributed by atoms with Crippen LogP contribution in [0.2, 0.25) is 0 Å². The summed E-state index contributed by atoms with van der Waals surface area (Å²) in [5.41, 5.74) is 0.775. The van der Waals surface area contributed by atoms with E-state index in [4.69, 9.17) is 0 Å². The summed E-state index contributed by atoms with van der Waals surface area (Å²) in [6.45, 7) is 4.18. The third-order valence-electron chi connectivity index (χ3n) is 2.29. The zero-order valence-corrected chi connectivity index (χ0v) is 12.0. The van der Waals surface area contributed by atoms with Crippen LogP contribution in [0.15, 0.2) is 29.2 Å². The molecule has 0 amide bonds. The number of aryl methyl sites for hydroxylation is 1. The summed E-state index contributed by atoms with van der Waals surface area (Å²) in [6, 6.07) is 7.02. The van der Waals surface area contributed by atoms with Crippen molar-refractivity contribution in [2.45, 2.75) is 23.6 Å². The Kier molecular flexibility index (Phi) is 4.52. The van der Waals surface area contributed by atoms with Crippen molar-refractivity contribution in [2.24, 2.45) is 0 Å². The van der Waals surface area contributed by atoms with Crippen molar-refractivity contribution < 1.29 is 8.42 Å². The molecule has 0 aliphatic heterocycles. The summed E-state index contributed by atoms with van der Waals surface area (Å²) in [4.78, 5) is 0.516. The van der Waals surface area contributed by atoms with Gasteiger partial charge in [-0.3, -0.25) is 0 Å². The van der Waals surface area contributed by atoms with Gasteiger partial charge in [-0.25, -0.2) is 8.42 Å². The first-order valence-electron chi connectivity index (χ1n) is 5.01. The van der Waals surface area contributed by atoms with Gasteiger partial charge in [0.15, 0.2) is 0 Å². The minimum absolute atomic E-state index is 0.135. The molecule has 0 spiro atoms. The van der Waals surface area contributed by atoms with Gasteiger partial charge in [0, 0.05) is 18.4 Å². The largest absolute Gasteiger partial charge is 0.243 e. The second kappa shape index (κ2) is 5.29. The Balaban J connectivity index is 3.08. The normalized spacial score (nSPS) is 14.1. The van der Waals surface area contributed by atoms with E-state index in [-0.39, 0.29) is 4.83 Å². The summed E-state index contributed by atoms with van der Waals surface area (Å²) in [5.74, 6) is 0. The lowest BCUT2D eigenvalue weighted by atomic mass is 10.2. The van der Waals surface area contributed by atoms with Crippen molar-refractivity contribution in [1.29, 1.82) is 0 Å². The van der Waals surface area contributed by atoms with E-state index in [2.05, 4.69) is 15.9 Å². The summed E-state index contributed by atoms with van der Waals surface area (Å²) >= 11 is 3.35. The molecule has 0 saturated heterocycles. The van der Waals surface area contributed by atoms with Crippen LogP contribution in [-0.2, 0) is 10.0 Å². The molecule has 1 aromatic rings. The second-order valence-corrected chi connectivity index (χ2v) is 7.41. The lowest BCUT2D eigenvalue weighted by Gasteiger charge is -2.19. The maximum Gasteiger partial charge on any atom is 0.243 e. The molecule has 0 N–H and O–H groups in total. The molecule has 0 aromatic heterocycles. The average molecular weight is 306 g/mol. The van der Waals surface area contributed by atoms with Gasteiger partial charge < -0.3 is 0 Å². The molecule has 16 heavy (non-hydrogen) atoms. The Morgan fingerprint density at radius 1 is 1.38 bits per heavy atom. The fraction of sp³-hybridized carbons (Fsp3) is 0.455. The quantitative estimate of drug-likeness (QED) is 0.801. The van der Waals surface area contributed by atoms with Gasteiger partial charge in [0.05, 0.1) is 4.90 Å². The molecule has 90 valence electrons. The highest BCUT2D eigenvalue weighted by atomic mass is 79.9. The van der Waals surface area contributed by atoms with E-state index in [9.17, 15) is 8.42 Å². The number of rotatable bonds is 4. The fourth-order valence-corrected chi connectivity index (χ4v) is 3.57. The van der Waals surface area contributed by atoms with Crippen LogP contribution in [0.4, 0.5) is 0 Å². The molecule has 0 heterocycles. The molecule has 1 rings (SSSR count). The highest BCUT2D eigenvalue weighted by Crippen LogP contribution is 2.19. The zero-order valence-electron chi connectivity index (χ0n) is 9.64. The van der Waals surface area contributed by atoms with E-state index in [1.165, 1.54) is 4.31 Å². The van der Waals surface area contributed by atoms with E-state index < -0.39 is 10.0 Å². The van der Waals surface area contributed by atoms with Crippen molar-refractivity contribution in [2.75, 3.05) is 13.6 Å². The van der Waals surface area contributed by atoms with Crippen molar-refractivity contribution in [3.8, 4) is 0 Å². The predicted octanol–water partition coefficient (Wildman–Crippen LogP) is 2.40. The first kappa shape index (κ1) is 13.7. The molecule has 0 aliphatic rings. The van der Waals surface area contributed by atoms with Crippen LogP contribution in [0, 0.1) is 6.92 Å². The van der Waals surface area contributed by atoms with Crippen LogP contribution in [0.5, 0.6) is 0 Å². The molecule has 0 saturated carbocycles. The average Bonchev–Trinajstić information content (AvgIpc) is 2.16. The van der Waals surface area contributed by atoms with Crippen LogP contribution >= 0.6 is 15.9 Å². The highest BCUT2D eigenvalue weighted by Gasteiger charge is 2.22. The lowest BCUT2D eigenvalue weighted by Crippen LogP contribution is -2.31. The van der Waals surface area contributed by atoms with E-state index in [1.807, 2.05) is 13.0 Å². The van der Waals surface area contributed by atoms with Gasteiger partial charge in [-0.2, -0.15) is 4.31 Å². The van der Waals surface area contributed by atoms with Gasteiger partial charge in [-0.1, -0.05) is 41.1 Å². The van der Waals surface area contributed by atoms with Crippen molar-refractivity contribution in [1.82, 2.24) is 4.31 Å². The van der Waals surface area contributed by atoms with Crippen molar-refractivity contribution in [3.05, 3.63) is 29.8 Å². The monoisotopic (exact) mass is 305 g/mol. The van der Waals surface area contributed by atoms with Gasteiger partial charge in [-0.15, -0.1) is 0 Å². The van der Waals surface area contributed by atoms with Crippen LogP contribution in [0.1, 0.15) is 12.5 Å². The first-order valence-corrected chi connectivity index (χ1v) is 7.37. The van der Waals surface area contributed by atoms with E-state index in [0.717, 1.165) is 5.56 Å². The number of alkyl halides is 1. The molecule has 3 nitrogen and oxygen atoms in total. The number of halogens is 1. The predicted molar refractivity (Wildman–Crippen MR) is 69.4 cm³/mol. The molecule has 0 aliphatic carbocycles. The van der Waals surface area contributed by atoms with Crippen LogP contribution in [-0.4, -0.2) is 31.1 Å². The summed E-state index contributed by atoms with van der Waals surface area (Å²) < 4.78 is 25.8. The van der Waals surface area contributed by atoms with E-state index in [0.29, 0.717) is 11.4 Å². The Hall–Kier alpha value is -0.390. The number of hydrogen-bond donors (Lipinski definition) is 0. The van der Waals surface area contributed by atoms with Gasteiger partial charge in [0.1, 0.15) is 0 Å². The third-order valence-corrected chi connectivity index (χ3v) is 4.56. The van der Waals surface area contributed by atoms with E-state index in [1.54, 1.807) is 32.2 Å². The molecule has 5 heteroatoms. The van der Waals surface area contributed by atoms with Crippen LogP contribution in [0.3, 0.4) is 0 Å². The Bertz CT molecular complexity index is 457. The minimum Gasteiger partial charge on any atom is -0.207 e. The number of sulfonamides is 1. The maximum atomic E-state index is 12.2. The molecular weight excluding hydrogens is 290 g/mol. The smallest absolute Gasteiger partial charge is 0.207 e. The number of benzene rings is 1. The Morgan fingerprint density at radius 2 is 1.94 bits per heavy atom. The summed E-state index contributed by atoms with van der Waals surface area (Å²) in [5, 5.41) is 0. The molecule has 1 unspecified atom stereocenters. The topological polar surface area (TPSA) is 37.4 Å². The molecule has 1 atom stereocenters. The van der Waals surface area contributed by atoms with Gasteiger partial charge in [-0.05, 0) is 18.6 Å². The zero-order chi connectivity index (χ0) is 12.3. The number of nitrogens with zero attached hydrogens (tertiary/aromatic N) is 1. The molecular formula is C11H16BrNO2S. The fourth-order valence-electron chi connectivity index (χ4n) is 1.47. The highest BCUT2D eigenvalue weighted by molar-refractivity contribution is 9.09. The molecule has 0 radical (unpaired) electrons. The van der Waals surface area contributed by atoms with Crippen molar-refractivity contribution in [3.63, 3.8) is 0 Å². The van der Waals surface area contributed by atoms with Gasteiger partial charge in [0.2, 0.25) is 10.0 Å². The van der Waals surface area contributed by atoms with Crippen LogP contribution < -0.4 is 0 Å². The maximum absolute atomic E-state index is 12.2. The van der Waals surface area contributed by atoms with E-state index >= 15 is 0 Å². The summed E-state index contributed by atoms with van der Waals surface area (Å²) in [7, 11) is -1.76. The lowest BCUT2D eigenvalue weighted by molar-refractivity contribution is 0.473. The standard InChI is InChI=1S/C11H16BrNO2S/c1-9-6-4-5-7-11(9)16(14,15)13(3)8-10(2)12/h4-7,10H,8H2,1-3H3. The van der Waals surface area contributed by atoms with Gasteiger partial charge in [0.25, 0.3) is 0 Å². The molecule has 0 bridgehead atoms. The SMILES string of the molecule is Cc1ccccc1S(=O)(=O)N(C)CC(C)Br. The molecule has 1 aromatic carbocycles. The Labute approximate surface area is 106 Å². The van der Waals surface area contributed by atoms with Crippen LogP contribution in [0.25, 0.3) is 0 Å². The third kappa shape index (κ3) is 3.06. The number of hydrogen-bond acceptors (Lipinski definition) is 2. The molecule has 0 fully saturated rings. The minimum atomic E-state index is -3.36.